The number of likely N-dealkylation sites (tertiary alicyclic amines) is 2. The molecular formula is C20H31N3O2. The van der Waals surface area contributed by atoms with Gasteiger partial charge in [-0.3, -0.25) is 4.90 Å². The smallest absolute Gasteiger partial charge is 0.317 e. The number of benzene rings is 1. The van der Waals surface area contributed by atoms with Gasteiger partial charge in [0.05, 0.1) is 12.6 Å². The summed E-state index contributed by atoms with van der Waals surface area (Å²) >= 11 is 0. The number of aliphatic hydroxyl groups is 1. The van der Waals surface area contributed by atoms with Gasteiger partial charge >= 0.3 is 6.03 Å². The van der Waals surface area contributed by atoms with Crippen molar-refractivity contribution in [3.05, 3.63) is 35.4 Å². The first-order valence-electron chi connectivity index (χ1n) is 9.61. The van der Waals surface area contributed by atoms with Crippen LogP contribution >= 0.6 is 0 Å². The lowest BCUT2D eigenvalue weighted by Crippen LogP contribution is -2.43. The lowest BCUT2D eigenvalue weighted by atomic mass is 9.99. The maximum Gasteiger partial charge on any atom is 0.317 e. The lowest BCUT2D eigenvalue weighted by Gasteiger charge is -2.30. The number of nitrogens with one attached hydrogen (secondary N) is 1. The third-order valence-electron chi connectivity index (χ3n) is 5.60. The Morgan fingerprint density at radius 2 is 1.80 bits per heavy atom. The van der Waals surface area contributed by atoms with Crippen molar-refractivity contribution < 1.29 is 9.90 Å². The van der Waals surface area contributed by atoms with Crippen molar-refractivity contribution in [1.29, 1.82) is 0 Å². The fraction of sp³-hybridized carbons (Fsp3) is 0.650. The van der Waals surface area contributed by atoms with Crippen molar-refractivity contribution in [2.45, 2.75) is 51.7 Å². The van der Waals surface area contributed by atoms with Gasteiger partial charge in [0.2, 0.25) is 0 Å². The van der Waals surface area contributed by atoms with E-state index in [0.29, 0.717) is 6.54 Å². The number of carbonyl (C=O) groups is 1. The molecule has 2 aliphatic heterocycles. The zero-order valence-corrected chi connectivity index (χ0v) is 15.3. The van der Waals surface area contributed by atoms with Crippen LogP contribution < -0.4 is 5.32 Å². The summed E-state index contributed by atoms with van der Waals surface area (Å²) in [6.45, 7) is 7.08. The van der Waals surface area contributed by atoms with E-state index in [4.69, 9.17) is 0 Å². The highest BCUT2D eigenvalue weighted by Crippen LogP contribution is 2.19. The second kappa shape index (κ2) is 8.68. The van der Waals surface area contributed by atoms with Crippen LogP contribution in [-0.2, 0) is 13.1 Å². The van der Waals surface area contributed by atoms with Crippen LogP contribution in [0, 0.1) is 5.92 Å². The van der Waals surface area contributed by atoms with Gasteiger partial charge in [0.1, 0.15) is 0 Å². The molecule has 2 heterocycles. The summed E-state index contributed by atoms with van der Waals surface area (Å²) in [6, 6.07) is 8.47. The van der Waals surface area contributed by atoms with E-state index in [-0.39, 0.29) is 18.7 Å². The topological polar surface area (TPSA) is 55.8 Å². The number of urea groups is 1. The highest BCUT2D eigenvalue weighted by Gasteiger charge is 2.27. The van der Waals surface area contributed by atoms with Crippen molar-refractivity contribution in [3.63, 3.8) is 0 Å². The fourth-order valence-electron chi connectivity index (χ4n) is 3.81. The molecule has 25 heavy (non-hydrogen) atoms. The zero-order chi connectivity index (χ0) is 17.6. The maximum atomic E-state index is 12.2. The van der Waals surface area contributed by atoms with Crippen LogP contribution in [0.1, 0.15) is 43.7 Å². The van der Waals surface area contributed by atoms with Crippen LogP contribution in [0.2, 0.25) is 0 Å². The fourth-order valence-corrected chi connectivity index (χ4v) is 3.81. The highest BCUT2D eigenvalue weighted by atomic mass is 16.3. The number of amides is 2. The number of rotatable bonds is 5. The Kier molecular flexibility index (Phi) is 6.32. The Hall–Kier alpha value is -1.59. The van der Waals surface area contributed by atoms with Crippen LogP contribution in [0.3, 0.4) is 0 Å². The molecule has 0 spiro atoms. The monoisotopic (exact) mass is 345 g/mol. The molecule has 2 aliphatic rings. The van der Waals surface area contributed by atoms with Gasteiger partial charge in [-0.05, 0) is 55.8 Å². The van der Waals surface area contributed by atoms with E-state index in [0.717, 1.165) is 37.4 Å². The first-order valence-corrected chi connectivity index (χ1v) is 9.61. The van der Waals surface area contributed by atoms with Crippen LogP contribution in [-0.4, -0.2) is 53.2 Å². The number of hydrogen-bond donors (Lipinski definition) is 2. The first kappa shape index (κ1) is 18.2. The van der Waals surface area contributed by atoms with Crippen LogP contribution in [0.25, 0.3) is 0 Å². The molecule has 0 saturated carbocycles. The Morgan fingerprint density at radius 3 is 2.48 bits per heavy atom. The summed E-state index contributed by atoms with van der Waals surface area (Å²) in [6.07, 6.45) is 4.47. The van der Waals surface area contributed by atoms with Gasteiger partial charge < -0.3 is 15.3 Å². The molecule has 0 aliphatic carbocycles. The molecule has 2 saturated heterocycles. The quantitative estimate of drug-likeness (QED) is 0.862. The Labute approximate surface area is 151 Å². The normalized spacial score (nSPS) is 22.3. The third-order valence-corrected chi connectivity index (χ3v) is 5.60. The predicted molar refractivity (Wildman–Crippen MR) is 99.2 cm³/mol. The first-order chi connectivity index (χ1) is 12.2. The van der Waals surface area contributed by atoms with Crippen molar-refractivity contribution in [2.75, 3.05) is 26.2 Å². The average molecular weight is 345 g/mol. The molecule has 1 atom stereocenters. The van der Waals surface area contributed by atoms with Gasteiger partial charge in [-0.15, -0.1) is 0 Å². The largest absolute Gasteiger partial charge is 0.394 e. The molecular weight excluding hydrogens is 314 g/mol. The number of piperidine rings is 1. The van der Waals surface area contributed by atoms with Gasteiger partial charge in [-0.2, -0.15) is 0 Å². The van der Waals surface area contributed by atoms with E-state index in [1.54, 1.807) is 4.90 Å². The molecule has 1 unspecified atom stereocenters. The molecule has 3 rings (SSSR count). The summed E-state index contributed by atoms with van der Waals surface area (Å²) in [5, 5.41) is 12.3. The molecule has 1 aromatic carbocycles. The van der Waals surface area contributed by atoms with E-state index in [2.05, 4.69) is 41.4 Å². The van der Waals surface area contributed by atoms with Gasteiger partial charge in [0.25, 0.3) is 0 Å². The highest BCUT2D eigenvalue weighted by molar-refractivity contribution is 5.74. The number of aliphatic hydroxyl groups excluding tert-OH is 1. The minimum atomic E-state index is -0.0666. The maximum absolute atomic E-state index is 12.2. The van der Waals surface area contributed by atoms with Crippen molar-refractivity contribution in [1.82, 2.24) is 15.1 Å². The van der Waals surface area contributed by atoms with Crippen molar-refractivity contribution in [3.8, 4) is 0 Å². The molecule has 1 aromatic rings. The average Bonchev–Trinajstić information content (AvgIpc) is 3.12. The van der Waals surface area contributed by atoms with Gasteiger partial charge in [0, 0.05) is 19.6 Å². The predicted octanol–water partition coefficient (Wildman–Crippen LogP) is 2.58. The minimum Gasteiger partial charge on any atom is -0.394 e. The Morgan fingerprint density at radius 1 is 1.12 bits per heavy atom. The van der Waals surface area contributed by atoms with Crippen LogP contribution in [0.4, 0.5) is 4.79 Å². The molecule has 2 N–H and O–H groups in total. The second-order valence-electron chi connectivity index (χ2n) is 7.61. The van der Waals surface area contributed by atoms with Crippen molar-refractivity contribution >= 4 is 6.03 Å². The standard InChI is InChI=1S/C20H31N3O2/c1-16-8-11-22(12-9-16)14-18-6-4-17(5-7-18)13-21-20(25)23-10-2-3-19(23)15-24/h4-7,16,19,24H,2-3,8-15H2,1H3,(H,21,25). The zero-order valence-electron chi connectivity index (χ0n) is 15.3. The van der Waals surface area contributed by atoms with Gasteiger partial charge in [-0.25, -0.2) is 4.79 Å². The molecule has 0 radical (unpaired) electrons. The Bertz CT molecular complexity index is 553. The third kappa shape index (κ3) is 4.95. The van der Waals surface area contributed by atoms with E-state index >= 15 is 0 Å². The van der Waals surface area contributed by atoms with Gasteiger partial charge in [-0.1, -0.05) is 31.2 Å². The molecule has 0 aromatic heterocycles. The van der Waals surface area contributed by atoms with Crippen LogP contribution in [0.5, 0.6) is 0 Å². The summed E-state index contributed by atoms with van der Waals surface area (Å²) in [5.41, 5.74) is 2.45. The summed E-state index contributed by atoms with van der Waals surface area (Å²) < 4.78 is 0. The molecule has 5 heteroatoms. The number of nitrogens with zero attached hydrogens (tertiary/aromatic N) is 2. The second-order valence-corrected chi connectivity index (χ2v) is 7.61. The van der Waals surface area contributed by atoms with Crippen LogP contribution in [0.15, 0.2) is 24.3 Å². The van der Waals surface area contributed by atoms with E-state index in [1.807, 2.05) is 0 Å². The lowest BCUT2D eigenvalue weighted by molar-refractivity contribution is 0.157. The summed E-state index contributed by atoms with van der Waals surface area (Å²) in [5.74, 6) is 0.864. The molecule has 0 bridgehead atoms. The molecule has 138 valence electrons. The number of carbonyl (C=O) groups excluding carboxylic acids is 1. The number of hydrogen-bond acceptors (Lipinski definition) is 3. The molecule has 2 amide bonds. The summed E-state index contributed by atoms with van der Waals surface area (Å²) in [4.78, 5) is 16.5. The molecule has 5 nitrogen and oxygen atoms in total. The van der Waals surface area contributed by atoms with E-state index in [1.165, 1.54) is 31.5 Å². The van der Waals surface area contributed by atoms with Gasteiger partial charge in [0.15, 0.2) is 0 Å². The molecule has 2 fully saturated rings. The van der Waals surface area contributed by atoms with E-state index < -0.39 is 0 Å². The SMILES string of the molecule is CC1CCN(Cc2ccc(CNC(=O)N3CCCC3CO)cc2)CC1. The summed E-state index contributed by atoms with van der Waals surface area (Å²) in [7, 11) is 0. The van der Waals surface area contributed by atoms with Crippen molar-refractivity contribution in [2.24, 2.45) is 5.92 Å². The minimum absolute atomic E-state index is 0.0189. The Balaban J connectivity index is 1.45. The van der Waals surface area contributed by atoms with E-state index in [9.17, 15) is 9.90 Å².